The molecule has 0 saturated carbocycles. The number of hydrogen-bond acceptors (Lipinski definition) is 2. The molecule has 0 amide bonds. The first-order chi connectivity index (χ1) is 6.84. The number of aliphatic hydroxyl groups excluding tert-OH is 1. The van der Waals surface area contributed by atoms with Gasteiger partial charge in [-0.15, -0.1) is 0 Å². The molecule has 1 aromatic carbocycles. The first-order valence-corrected chi connectivity index (χ1v) is 4.70. The molecule has 0 unspecified atom stereocenters. The highest BCUT2D eigenvalue weighted by atomic mass is 79.9. The maximum Gasteiger partial charge on any atom is 0.131 e. The molecule has 0 aromatic heterocycles. The summed E-state index contributed by atoms with van der Waals surface area (Å²) >= 11 is 0. The molecule has 0 fully saturated rings. The van der Waals surface area contributed by atoms with Crippen LogP contribution in [0.3, 0.4) is 0 Å². The Bertz CT molecular complexity index is 359. The van der Waals surface area contributed by atoms with Crippen LogP contribution >= 0.6 is 0 Å². The average Bonchev–Trinajstić information content (AvgIpc) is 2.19. The van der Waals surface area contributed by atoms with Crippen LogP contribution in [0.5, 0.6) is 0 Å². The van der Waals surface area contributed by atoms with Crippen LogP contribution in [0.25, 0.3) is 0 Å². The smallest absolute Gasteiger partial charge is 0.131 e. The van der Waals surface area contributed by atoms with Crippen molar-refractivity contribution < 1.29 is 22.1 Å². The minimum absolute atomic E-state index is 0. The Hall–Kier alpha value is -1.22. The average molecular weight is 267 g/mol. The highest BCUT2D eigenvalue weighted by molar-refractivity contribution is 5.19. The van der Waals surface area contributed by atoms with Crippen molar-refractivity contribution in [3.8, 4) is 0 Å². The second kappa shape index (κ2) is 5.61. The van der Waals surface area contributed by atoms with Crippen LogP contribution < -0.4 is 17.0 Å². The van der Waals surface area contributed by atoms with Crippen LogP contribution in [-0.2, 0) is 6.54 Å². The Morgan fingerprint density at radius 2 is 1.93 bits per heavy atom. The lowest BCUT2D eigenvalue weighted by atomic mass is 10.2. The molecule has 1 aliphatic rings. The SMILES string of the molecule is OC1=CN(Cc2ccccc2)CC=C1.[Br-]. The van der Waals surface area contributed by atoms with E-state index in [2.05, 4.69) is 17.0 Å². The van der Waals surface area contributed by atoms with Gasteiger partial charge in [0.1, 0.15) is 5.76 Å². The number of halogens is 1. The largest absolute Gasteiger partial charge is 1.00 e. The number of hydrogen-bond donors (Lipinski definition) is 1. The molecule has 0 atom stereocenters. The number of rotatable bonds is 2. The maximum absolute atomic E-state index is 9.29. The molecule has 0 bridgehead atoms. The second-order valence-corrected chi connectivity index (χ2v) is 3.37. The summed E-state index contributed by atoms with van der Waals surface area (Å²) in [6.45, 7) is 1.70. The van der Waals surface area contributed by atoms with Crippen molar-refractivity contribution in [3.63, 3.8) is 0 Å². The van der Waals surface area contributed by atoms with E-state index in [1.807, 2.05) is 24.3 Å². The fourth-order valence-electron chi connectivity index (χ4n) is 1.52. The summed E-state index contributed by atoms with van der Waals surface area (Å²) in [5.41, 5.74) is 1.26. The van der Waals surface area contributed by atoms with Crippen molar-refractivity contribution in [1.82, 2.24) is 4.90 Å². The lowest BCUT2D eigenvalue weighted by molar-refractivity contribution is -0.00000394. The number of benzene rings is 1. The highest BCUT2D eigenvalue weighted by Crippen LogP contribution is 2.09. The van der Waals surface area contributed by atoms with Gasteiger partial charge in [0.2, 0.25) is 0 Å². The topological polar surface area (TPSA) is 23.5 Å². The summed E-state index contributed by atoms with van der Waals surface area (Å²) in [5, 5.41) is 9.29. The van der Waals surface area contributed by atoms with Gasteiger partial charge >= 0.3 is 0 Å². The quantitative estimate of drug-likeness (QED) is 0.778. The van der Waals surface area contributed by atoms with Gasteiger partial charge < -0.3 is 27.0 Å². The summed E-state index contributed by atoms with van der Waals surface area (Å²) in [6, 6.07) is 10.2. The molecule has 1 aromatic rings. The molecule has 15 heavy (non-hydrogen) atoms. The molecule has 2 rings (SSSR count). The number of allylic oxidation sites excluding steroid dienone is 1. The van der Waals surface area contributed by atoms with Crippen molar-refractivity contribution in [3.05, 3.63) is 60.0 Å². The predicted octanol–water partition coefficient (Wildman–Crippen LogP) is -0.538. The van der Waals surface area contributed by atoms with Crippen molar-refractivity contribution in [2.45, 2.75) is 6.54 Å². The van der Waals surface area contributed by atoms with Crippen molar-refractivity contribution in [2.75, 3.05) is 6.54 Å². The van der Waals surface area contributed by atoms with Gasteiger partial charge in [-0.3, -0.25) is 0 Å². The van der Waals surface area contributed by atoms with Gasteiger partial charge in [-0.05, 0) is 11.6 Å². The monoisotopic (exact) mass is 266 g/mol. The number of nitrogens with zero attached hydrogens (tertiary/aromatic N) is 1. The van der Waals surface area contributed by atoms with Crippen molar-refractivity contribution in [2.24, 2.45) is 0 Å². The molecule has 3 heteroatoms. The third kappa shape index (κ3) is 3.44. The van der Waals surface area contributed by atoms with Gasteiger partial charge in [0, 0.05) is 19.3 Å². The van der Waals surface area contributed by atoms with E-state index in [0.717, 1.165) is 13.1 Å². The minimum Gasteiger partial charge on any atom is -1.00 e. The van der Waals surface area contributed by atoms with E-state index >= 15 is 0 Å². The van der Waals surface area contributed by atoms with Crippen LogP contribution in [0.4, 0.5) is 0 Å². The van der Waals surface area contributed by atoms with Crippen LogP contribution in [0.15, 0.2) is 54.4 Å². The zero-order valence-electron chi connectivity index (χ0n) is 8.31. The zero-order valence-corrected chi connectivity index (χ0v) is 9.89. The standard InChI is InChI=1S/C12H13NO.BrH/c14-12-7-4-8-13(10-12)9-11-5-2-1-3-6-11;/h1-7,10,14H,8-9H2;1H/p-1. The summed E-state index contributed by atoms with van der Waals surface area (Å²) in [5.74, 6) is 0.326. The molecule has 0 saturated heterocycles. The Labute approximate surface area is 100 Å². The summed E-state index contributed by atoms with van der Waals surface area (Å²) < 4.78 is 0. The maximum atomic E-state index is 9.29. The van der Waals surface area contributed by atoms with Crippen LogP contribution in [0.1, 0.15) is 5.56 Å². The Balaban J connectivity index is 0.00000112. The van der Waals surface area contributed by atoms with Gasteiger partial charge in [-0.2, -0.15) is 0 Å². The molecule has 1 N–H and O–H groups in total. The fourth-order valence-corrected chi connectivity index (χ4v) is 1.52. The Morgan fingerprint density at radius 1 is 1.20 bits per heavy atom. The van der Waals surface area contributed by atoms with E-state index in [9.17, 15) is 5.11 Å². The van der Waals surface area contributed by atoms with Gasteiger partial charge in [0.05, 0.1) is 0 Å². The van der Waals surface area contributed by atoms with E-state index in [4.69, 9.17) is 0 Å². The summed E-state index contributed by atoms with van der Waals surface area (Å²) in [7, 11) is 0. The third-order valence-electron chi connectivity index (χ3n) is 2.17. The van der Waals surface area contributed by atoms with E-state index < -0.39 is 0 Å². The summed E-state index contributed by atoms with van der Waals surface area (Å²) in [4.78, 5) is 2.07. The van der Waals surface area contributed by atoms with Gasteiger partial charge in [-0.25, -0.2) is 0 Å². The normalized spacial score (nSPS) is 14.4. The molecule has 80 valence electrons. The fraction of sp³-hybridized carbons (Fsp3) is 0.167. The molecule has 0 aliphatic carbocycles. The highest BCUT2D eigenvalue weighted by Gasteiger charge is 2.04. The van der Waals surface area contributed by atoms with Gasteiger partial charge in [0.15, 0.2) is 0 Å². The molecule has 1 heterocycles. The number of aliphatic hydroxyl groups is 1. The lowest BCUT2D eigenvalue weighted by Gasteiger charge is -2.21. The molecule has 1 aliphatic heterocycles. The molecule has 0 radical (unpaired) electrons. The minimum atomic E-state index is 0. The third-order valence-corrected chi connectivity index (χ3v) is 2.17. The van der Waals surface area contributed by atoms with Gasteiger partial charge in [-0.1, -0.05) is 36.4 Å². The molecule has 0 spiro atoms. The molecular formula is C12H13BrNO-. The van der Waals surface area contributed by atoms with E-state index in [1.54, 1.807) is 12.3 Å². The van der Waals surface area contributed by atoms with E-state index in [0.29, 0.717) is 5.76 Å². The summed E-state index contributed by atoms with van der Waals surface area (Å²) in [6.07, 6.45) is 5.45. The Morgan fingerprint density at radius 3 is 2.60 bits per heavy atom. The lowest BCUT2D eigenvalue weighted by Crippen LogP contribution is -3.00. The van der Waals surface area contributed by atoms with E-state index in [1.165, 1.54) is 5.56 Å². The van der Waals surface area contributed by atoms with Crippen molar-refractivity contribution in [1.29, 1.82) is 0 Å². The van der Waals surface area contributed by atoms with Crippen LogP contribution in [0, 0.1) is 0 Å². The van der Waals surface area contributed by atoms with Crippen LogP contribution in [0.2, 0.25) is 0 Å². The Kier molecular flexibility index (Phi) is 4.43. The molecule has 2 nitrogen and oxygen atoms in total. The van der Waals surface area contributed by atoms with E-state index in [-0.39, 0.29) is 17.0 Å². The van der Waals surface area contributed by atoms with Crippen molar-refractivity contribution >= 4 is 0 Å². The van der Waals surface area contributed by atoms with Gasteiger partial charge in [0.25, 0.3) is 0 Å². The predicted molar refractivity (Wildman–Crippen MR) is 56.7 cm³/mol. The molecular weight excluding hydrogens is 254 g/mol. The second-order valence-electron chi connectivity index (χ2n) is 3.37. The first-order valence-electron chi connectivity index (χ1n) is 4.70. The first kappa shape index (κ1) is 11.9. The zero-order chi connectivity index (χ0) is 9.80. The van der Waals surface area contributed by atoms with Crippen LogP contribution in [-0.4, -0.2) is 16.6 Å².